The lowest BCUT2D eigenvalue weighted by atomic mass is 10.00. The third-order valence-electron chi connectivity index (χ3n) is 6.99. The summed E-state index contributed by atoms with van der Waals surface area (Å²) in [5, 5.41) is 15.7. The number of aliphatic hydroxyl groups is 1. The number of amides is 3. The number of rotatable bonds is 8. The van der Waals surface area contributed by atoms with E-state index in [2.05, 4.69) is 34.3 Å². The second-order valence-corrected chi connectivity index (χ2v) is 12.6. The van der Waals surface area contributed by atoms with E-state index in [4.69, 9.17) is 0 Å². The van der Waals surface area contributed by atoms with Crippen LogP contribution in [0.5, 0.6) is 0 Å². The molecule has 4 rings (SSSR count). The highest BCUT2D eigenvalue weighted by atomic mass is 32.1. The van der Waals surface area contributed by atoms with Gasteiger partial charge >= 0.3 is 0 Å². The number of aromatic nitrogens is 1. The molecule has 0 bridgehead atoms. The SMILES string of the molecule is Cc1cc(-c2scnc2C)ccc1CNC(=O)[C@H]1C[C@@H](O)CN1C(=O)C(NC(=O)C1(F)CC1)C(C)(C)S. The molecule has 2 aliphatic rings. The van der Waals surface area contributed by atoms with Crippen LogP contribution >= 0.6 is 24.0 Å². The Hall–Kier alpha value is -2.50. The van der Waals surface area contributed by atoms with Gasteiger partial charge in [0.05, 0.1) is 22.2 Å². The smallest absolute Gasteiger partial charge is 0.258 e. The number of thiol groups is 1. The number of hydrogen-bond donors (Lipinski definition) is 4. The summed E-state index contributed by atoms with van der Waals surface area (Å²) in [6, 6.07) is 3.91. The van der Waals surface area contributed by atoms with Crippen molar-refractivity contribution in [2.45, 2.75) is 82.1 Å². The topological polar surface area (TPSA) is 112 Å². The van der Waals surface area contributed by atoms with E-state index in [1.807, 2.05) is 31.5 Å². The Kier molecular flexibility index (Phi) is 7.69. The van der Waals surface area contributed by atoms with Crippen LogP contribution in [0.15, 0.2) is 23.7 Å². The summed E-state index contributed by atoms with van der Waals surface area (Å²) in [5.41, 5.74) is 3.81. The van der Waals surface area contributed by atoms with Crippen molar-refractivity contribution in [1.82, 2.24) is 20.5 Å². The van der Waals surface area contributed by atoms with Crippen LogP contribution in [0.2, 0.25) is 0 Å². The number of nitrogens with one attached hydrogen (secondary N) is 2. The molecule has 8 nitrogen and oxygen atoms in total. The van der Waals surface area contributed by atoms with Crippen LogP contribution in [-0.4, -0.2) is 67.9 Å². The molecule has 2 aromatic rings. The Morgan fingerprint density at radius 1 is 1.32 bits per heavy atom. The first-order valence-corrected chi connectivity index (χ1v) is 13.6. The molecule has 37 heavy (non-hydrogen) atoms. The van der Waals surface area contributed by atoms with E-state index in [-0.39, 0.29) is 32.4 Å². The normalized spacial score (nSPS) is 21.4. The third-order valence-corrected chi connectivity index (χ3v) is 8.23. The molecule has 200 valence electrons. The lowest BCUT2D eigenvalue weighted by Crippen LogP contribution is -2.60. The van der Waals surface area contributed by atoms with Gasteiger partial charge in [-0.3, -0.25) is 14.4 Å². The van der Waals surface area contributed by atoms with Crippen LogP contribution in [0.3, 0.4) is 0 Å². The first-order chi connectivity index (χ1) is 17.3. The lowest BCUT2D eigenvalue weighted by Gasteiger charge is -2.35. The molecule has 1 aromatic carbocycles. The van der Waals surface area contributed by atoms with Crippen molar-refractivity contribution in [3.05, 3.63) is 40.5 Å². The zero-order valence-electron chi connectivity index (χ0n) is 21.4. The summed E-state index contributed by atoms with van der Waals surface area (Å²) in [5.74, 6) is -1.83. The van der Waals surface area contributed by atoms with Gasteiger partial charge in [-0.1, -0.05) is 18.2 Å². The van der Waals surface area contributed by atoms with Gasteiger partial charge < -0.3 is 20.6 Å². The monoisotopic (exact) mass is 548 g/mol. The van der Waals surface area contributed by atoms with Crippen molar-refractivity contribution >= 4 is 41.7 Å². The number of aliphatic hydroxyl groups excluding tert-OH is 1. The third kappa shape index (κ3) is 5.99. The average Bonchev–Trinajstić information content (AvgIpc) is 3.23. The molecule has 3 N–H and O–H groups in total. The highest BCUT2D eigenvalue weighted by Crippen LogP contribution is 2.40. The van der Waals surface area contributed by atoms with Gasteiger partial charge in [-0.05, 0) is 57.2 Å². The van der Waals surface area contributed by atoms with E-state index in [9.17, 15) is 23.9 Å². The van der Waals surface area contributed by atoms with Gasteiger partial charge in [0.1, 0.15) is 12.1 Å². The molecule has 1 saturated heterocycles. The summed E-state index contributed by atoms with van der Waals surface area (Å²) in [6.07, 6.45) is -0.589. The van der Waals surface area contributed by atoms with Crippen molar-refractivity contribution < 1.29 is 23.9 Å². The number of likely N-dealkylation sites (tertiary alicyclic amines) is 1. The number of benzene rings is 1. The number of thiazole rings is 1. The Morgan fingerprint density at radius 3 is 2.59 bits per heavy atom. The highest BCUT2D eigenvalue weighted by molar-refractivity contribution is 7.81. The number of hydrogen-bond acceptors (Lipinski definition) is 7. The van der Waals surface area contributed by atoms with E-state index < -0.39 is 46.3 Å². The summed E-state index contributed by atoms with van der Waals surface area (Å²) in [7, 11) is 0. The van der Waals surface area contributed by atoms with Crippen LogP contribution in [0.4, 0.5) is 4.39 Å². The van der Waals surface area contributed by atoms with Crippen molar-refractivity contribution in [1.29, 1.82) is 0 Å². The van der Waals surface area contributed by atoms with Crippen LogP contribution in [0.1, 0.15) is 49.9 Å². The van der Waals surface area contributed by atoms with Crippen LogP contribution in [0.25, 0.3) is 10.4 Å². The van der Waals surface area contributed by atoms with Gasteiger partial charge in [-0.15, -0.1) is 11.3 Å². The number of carbonyl (C=O) groups excluding carboxylic acids is 3. The van der Waals surface area contributed by atoms with E-state index in [0.29, 0.717) is 0 Å². The molecular weight excluding hydrogens is 515 g/mol. The van der Waals surface area contributed by atoms with Gasteiger partial charge in [0.2, 0.25) is 11.8 Å². The fraction of sp³-hybridized carbons (Fsp3) is 0.538. The predicted octanol–water partition coefficient (Wildman–Crippen LogP) is 2.70. The van der Waals surface area contributed by atoms with Crippen molar-refractivity contribution in [2.75, 3.05) is 6.54 Å². The maximum atomic E-state index is 14.3. The van der Waals surface area contributed by atoms with Gasteiger partial charge in [-0.2, -0.15) is 12.6 Å². The number of aryl methyl sites for hydroxylation is 2. The minimum Gasteiger partial charge on any atom is -0.391 e. The summed E-state index contributed by atoms with van der Waals surface area (Å²) in [6.45, 7) is 7.40. The van der Waals surface area contributed by atoms with Gasteiger partial charge in [0.15, 0.2) is 5.67 Å². The molecule has 0 radical (unpaired) electrons. The molecule has 1 aliphatic carbocycles. The van der Waals surface area contributed by atoms with E-state index in [1.54, 1.807) is 25.2 Å². The van der Waals surface area contributed by atoms with E-state index >= 15 is 0 Å². The number of halogens is 1. The standard InChI is InChI=1S/C26H33FN4O4S2/c1-14-9-16(20-15(2)29-13-37-20)5-6-17(14)11-28-22(33)19-10-18(32)12-31(19)23(34)21(25(3,4)36)30-24(35)26(27)7-8-26/h5-6,9,13,18-19,21,32,36H,7-8,10-12H2,1-4H3,(H,28,33)(H,30,35)/t18-,19-,21?/m1/s1. The second-order valence-electron chi connectivity index (χ2n) is 10.5. The fourth-order valence-electron chi connectivity index (χ4n) is 4.52. The molecule has 3 atom stereocenters. The van der Waals surface area contributed by atoms with Crippen molar-refractivity contribution in [3.8, 4) is 10.4 Å². The van der Waals surface area contributed by atoms with Gasteiger partial charge in [0, 0.05) is 24.3 Å². The van der Waals surface area contributed by atoms with Gasteiger partial charge in [-0.25, -0.2) is 9.37 Å². The first kappa shape index (κ1) is 27.5. The maximum absolute atomic E-state index is 14.3. The number of nitrogens with zero attached hydrogens (tertiary/aromatic N) is 2. The number of alkyl halides is 1. The quantitative estimate of drug-likeness (QED) is 0.379. The Morgan fingerprint density at radius 2 is 2.03 bits per heavy atom. The zero-order valence-corrected chi connectivity index (χ0v) is 23.1. The van der Waals surface area contributed by atoms with Crippen LogP contribution in [0, 0.1) is 13.8 Å². The Labute approximate surface area is 225 Å². The fourth-order valence-corrected chi connectivity index (χ4v) is 5.50. The second kappa shape index (κ2) is 10.3. The maximum Gasteiger partial charge on any atom is 0.258 e. The van der Waals surface area contributed by atoms with E-state index in [0.717, 1.165) is 27.3 Å². The van der Waals surface area contributed by atoms with Gasteiger partial charge in [0.25, 0.3) is 5.91 Å². The van der Waals surface area contributed by atoms with Crippen LogP contribution in [-0.2, 0) is 20.9 Å². The van der Waals surface area contributed by atoms with E-state index in [1.165, 1.54) is 4.90 Å². The molecule has 1 unspecified atom stereocenters. The largest absolute Gasteiger partial charge is 0.391 e. The lowest BCUT2D eigenvalue weighted by molar-refractivity contribution is -0.143. The number of carbonyl (C=O) groups is 3. The molecule has 2 fully saturated rings. The van der Waals surface area contributed by atoms with Crippen LogP contribution < -0.4 is 10.6 Å². The minimum atomic E-state index is -1.95. The molecule has 11 heteroatoms. The minimum absolute atomic E-state index is 0.0597. The predicted molar refractivity (Wildman–Crippen MR) is 143 cm³/mol. The molecule has 3 amide bonds. The van der Waals surface area contributed by atoms with Crippen molar-refractivity contribution in [3.63, 3.8) is 0 Å². The molecule has 1 saturated carbocycles. The first-order valence-electron chi connectivity index (χ1n) is 12.3. The Bertz CT molecular complexity index is 1210. The molecule has 0 spiro atoms. The Balaban J connectivity index is 1.45. The number of β-amino-alcohol motifs (C(OH)–C–C–N with tert-alkyl or cyclic N) is 1. The zero-order chi connectivity index (χ0) is 27.1. The molecular formula is C26H33FN4O4S2. The summed E-state index contributed by atoms with van der Waals surface area (Å²) in [4.78, 5) is 45.7. The summed E-state index contributed by atoms with van der Waals surface area (Å²) < 4.78 is 13.3. The van der Waals surface area contributed by atoms with Crippen molar-refractivity contribution in [2.24, 2.45) is 0 Å². The average molecular weight is 549 g/mol. The highest BCUT2D eigenvalue weighted by Gasteiger charge is 2.53. The molecule has 1 aromatic heterocycles. The molecule has 2 heterocycles. The summed E-state index contributed by atoms with van der Waals surface area (Å²) >= 11 is 6.04. The molecule has 1 aliphatic heterocycles.